The molecule has 0 fully saturated rings. The zero-order valence-electron chi connectivity index (χ0n) is 4.81. The van der Waals surface area contributed by atoms with E-state index in [9.17, 15) is 8.39 Å². The second-order valence-corrected chi connectivity index (χ2v) is 0.586. The lowest BCUT2D eigenvalue weighted by atomic mass is 10.8. The van der Waals surface area contributed by atoms with Gasteiger partial charge in [-0.2, -0.15) is 0 Å². The molecule has 32 valence electrons. The van der Waals surface area contributed by atoms with E-state index in [2.05, 4.69) is 15.1 Å². The number of hydrogen-bond donors (Lipinski definition) is 0. The van der Waals surface area contributed by atoms with Crippen LogP contribution < -0.4 is 0 Å². The molecule has 0 spiro atoms. The van der Waals surface area contributed by atoms with Crippen molar-refractivity contribution in [2.75, 3.05) is 0 Å². The highest BCUT2D eigenvalue weighted by atomic mass is 31.1. The fourth-order valence-corrected chi connectivity index (χ4v) is 0. The van der Waals surface area contributed by atoms with Crippen molar-refractivity contribution in [3.8, 4) is 0 Å². The van der Waals surface area contributed by atoms with E-state index in [-0.39, 0.29) is 0 Å². The molecule has 0 amide bonds. The van der Waals surface area contributed by atoms with Crippen LogP contribution in [0.2, 0.25) is 0 Å². The fraction of sp³-hybridized carbons (Fsp3) is 0. The summed E-state index contributed by atoms with van der Waals surface area (Å²) in [5.74, 6) is 0. The van der Waals surface area contributed by atoms with Crippen molar-refractivity contribution in [3.63, 3.8) is 0 Å². The molecule has 0 aromatic rings. The highest BCUT2D eigenvalue weighted by molar-refractivity contribution is 7.61. The van der Waals surface area contributed by atoms with Gasteiger partial charge in [-0.1, -0.05) is 0 Å². The highest BCUT2D eigenvalue weighted by Gasteiger charge is 1.41. The third-order valence-electron chi connectivity index (χ3n) is 0. The van der Waals surface area contributed by atoms with Crippen molar-refractivity contribution in [2.45, 2.75) is 0 Å². The Hall–Kier alpha value is 0.850. The van der Waals surface area contributed by atoms with Crippen LogP contribution in [0.25, 0.3) is 0 Å². The zero-order valence-corrected chi connectivity index (χ0v) is 4.59. The first-order valence-corrected chi connectivity index (χ1v) is 2.56. The van der Waals surface area contributed by atoms with E-state index in [4.69, 9.17) is 2.56 Å². The topological polar surface area (TPSA) is 0 Å². The van der Waals surface area contributed by atoms with E-state index in [0.29, 0.717) is 0 Å². The van der Waals surface area contributed by atoms with Gasteiger partial charge in [0.1, 0.15) is 0 Å². The zero-order chi connectivity index (χ0) is 7.15. The van der Waals surface area contributed by atoms with E-state index in [0.717, 1.165) is 0 Å². The summed E-state index contributed by atoms with van der Waals surface area (Å²) in [5, 5.41) is 0. The summed E-state index contributed by atoms with van der Waals surface area (Å²) >= 11 is 0. The average Bonchev–Trinajstić information content (AvgIpc) is 1.25. The van der Waals surface area contributed by atoms with Crippen molar-refractivity contribution in [1.82, 2.24) is 0 Å². The monoisotopic (exact) mass is 128 g/mol. The molecule has 0 aliphatic rings. The van der Waals surface area contributed by atoms with Crippen LogP contribution in [-0.4, -0.2) is 17.7 Å². The van der Waals surface area contributed by atoms with Crippen molar-refractivity contribution in [2.24, 2.45) is 0 Å². The van der Waals surface area contributed by atoms with Crippen LogP contribution in [0.1, 0.15) is 0 Å². The Kier molecular flexibility index (Phi) is 14.1. The van der Waals surface area contributed by atoms with Gasteiger partial charge in [-0.05, 0) is 0 Å². The lowest BCUT2D eigenvalue weighted by Crippen LogP contribution is -1.13. The summed E-state index contributed by atoms with van der Waals surface area (Å²) in [4.78, 5) is 0. The first-order chi connectivity index (χ1) is 3.46. The smallest absolute Gasteiger partial charge is 0.151 e. The maximum atomic E-state index is 10.5. The van der Waals surface area contributed by atoms with Crippen LogP contribution in [0.5, 0.6) is 0 Å². The molecule has 2 atom stereocenters. The first-order valence-electron chi connectivity index (χ1n) is 1.75. The van der Waals surface area contributed by atoms with Crippen LogP contribution in [0, 0.1) is 0 Å². The number of rotatable bonds is 0. The molecular formula is H2B2F2P2. The average molecular weight is 128 g/mol. The minimum Gasteiger partial charge on any atom is -0.243 e. The normalized spacial score (nSPS) is 21.0. The molecule has 0 saturated carbocycles. The Morgan fingerprint density at radius 3 is 1.33 bits per heavy atom. The molecule has 0 aliphatic carbocycles. The lowest BCUT2D eigenvalue weighted by Gasteiger charge is -1.45. The fourth-order valence-electron chi connectivity index (χ4n) is 0. The van der Waals surface area contributed by atoms with Gasteiger partial charge in [0.15, 0.2) is 15.1 Å². The molecule has 0 aromatic carbocycles. The van der Waals surface area contributed by atoms with Crippen molar-refractivity contribution >= 4 is 32.6 Å². The molecule has 0 saturated heterocycles. The summed E-state index contributed by atoms with van der Waals surface area (Å²) in [7, 11) is 3.61. The van der Waals surface area contributed by atoms with E-state index in [1.54, 1.807) is 0 Å². The lowest BCUT2D eigenvalue weighted by molar-refractivity contribution is 0.934. The molecule has 0 nitrogen and oxygen atoms in total. The Balaban J connectivity index is 0. The summed E-state index contributed by atoms with van der Waals surface area (Å²) in [6.45, 7) is 0. The van der Waals surface area contributed by atoms with Gasteiger partial charge >= 0.3 is 0 Å². The van der Waals surface area contributed by atoms with Gasteiger partial charge in [-0.15, -0.1) is 0 Å². The summed E-state index contributed by atoms with van der Waals surface area (Å²) in [6.07, 6.45) is 0. The Morgan fingerprint density at radius 2 is 1.33 bits per heavy atom. The molecule has 0 aromatic heterocycles. The van der Waals surface area contributed by atoms with Gasteiger partial charge in [-0.3, -0.25) is 0 Å². The molecule has 4 radical (unpaired) electrons. The van der Waals surface area contributed by atoms with Gasteiger partial charge in [-0.25, -0.2) is 8.39 Å². The minimum atomic E-state index is -2.37. The molecule has 2 unspecified atom stereocenters. The maximum Gasteiger partial charge on any atom is 0.151 e. The van der Waals surface area contributed by atoms with Crippen LogP contribution in [-0.2, 0) is 0 Å². The van der Waals surface area contributed by atoms with Crippen molar-refractivity contribution in [1.29, 1.82) is 2.56 Å². The second kappa shape index (κ2) is 16.9. The van der Waals surface area contributed by atoms with E-state index < -0.39 is 17.4 Å². The van der Waals surface area contributed by atoms with Crippen LogP contribution in [0.4, 0.5) is 8.39 Å². The standard InChI is InChI=1S/2BFHP/c2*1-3-2/h2*3H/i2*3T. The Bertz CT molecular complexity index is 31.5. The molecule has 0 aliphatic heterocycles. The summed E-state index contributed by atoms with van der Waals surface area (Å²) in [5.41, 5.74) is 0. The molecule has 6 heteroatoms. The predicted molar refractivity (Wildman–Crippen MR) is 30.4 cm³/mol. The van der Waals surface area contributed by atoms with Gasteiger partial charge < -0.3 is 0 Å². The quantitative estimate of drug-likeness (QED) is 0.340. The molecule has 0 bridgehead atoms. The first kappa shape index (κ1) is 5.00. The van der Waals surface area contributed by atoms with Gasteiger partial charge in [0.05, 0.1) is 2.56 Å². The van der Waals surface area contributed by atoms with Crippen molar-refractivity contribution in [3.05, 3.63) is 0 Å². The van der Waals surface area contributed by atoms with Crippen LogP contribution in [0.15, 0.2) is 0 Å². The van der Waals surface area contributed by atoms with Gasteiger partial charge in [0.25, 0.3) is 0 Å². The van der Waals surface area contributed by atoms with Crippen LogP contribution in [0.3, 0.4) is 0 Å². The second-order valence-electron chi connectivity index (χ2n) is 0.195. The molecule has 0 N–H and O–H groups in total. The third kappa shape index (κ3) is 99.5. The number of hydrogen-bond acceptors (Lipinski definition) is 0. The minimum absolute atomic E-state index is 2.37. The summed E-state index contributed by atoms with van der Waals surface area (Å²) in [6, 6.07) is 0. The van der Waals surface area contributed by atoms with Gasteiger partial charge in [0.2, 0.25) is 0 Å². The highest BCUT2D eigenvalue weighted by Crippen LogP contribution is 1.95. The predicted octanol–water partition coefficient (Wildman–Crippen LogP) is 1.27. The van der Waals surface area contributed by atoms with E-state index in [1.165, 1.54) is 0 Å². The third-order valence-corrected chi connectivity index (χ3v) is 0. The van der Waals surface area contributed by atoms with Gasteiger partial charge in [0, 0.05) is 17.4 Å². The maximum absolute atomic E-state index is 10.5. The molecule has 0 rings (SSSR count). The van der Waals surface area contributed by atoms with E-state index >= 15 is 0 Å². The number of halogens is 2. The Morgan fingerprint density at radius 1 is 1.33 bits per heavy atom. The molecule has 6 heavy (non-hydrogen) atoms. The Labute approximate surface area is 44.6 Å². The summed E-state index contributed by atoms with van der Waals surface area (Å²) < 4.78 is 32.5. The largest absolute Gasteiger partial charge is 0.243 e. The van der Waals surface area contributed by atoms with Crippen LogP contribution >= 0.6 is 17.4 Å². The molecular weight excluding hydrogens is 122 g/mol. The molecule has 0 heterocycles. The van der Waals surface area contributed by atoms with Crippen molar-refractivity contribution < 1.29 is 8.39 Å². The SMILES string of the molecule is [3H]P([B])F.[3H]P([B])F. The van der Waals surface area contributed by atoms with E-state index in [1.807, 2.05) is 0 Å².